The van der Waals surface area contributed by atoms with E-state index in [1.807, 2.05) is 24.3 Å². The van der Waals surface area contributed by atoms with Crippen molar-refractivity contribution in [1.82, 2.24) is 0 Å². The Labute approximate surface area is 140 Å². The highest BCUT2D eigenvalue weighted by Crippen LogP contribution is 2.20. The molecule has 0 heterocycles. The normalized spacial score (nSPS) is 10.1. The Bertz CT molecular complexity index is 630. The molecule has 2 N–H and O–H groups in total. The molecule has 0 aromatic heterocycles. The molecule has 0 fully saturated rings. The van der Waals surface area contributed by atoms with E-state index in [1.165, 1.54) is 0 Å². The Morgan fingerprint density at radius 1 is 0.727 bits per heavy atom. The zero-order chi connectivity index (χ0) is 15.9. The number of benzene rings is 2. The van der Waals surface area contributed by atoms with Gasteiger partial charge in [0.2, 0.25) is 11.8 Å². The number of carbonyl (C=O) groups is 2. The van der Waals surface area contributed by atoms with Gasteiger partial charge >= 0.3 is 0 Å². The lowest BCUT2D eigenvalue weighted by molar-refractivity contribution is -0.121. The van der Waals surface area contributed by atoms with Gasteiger partial charge in [-0.1, -0.05) is 24.3 Å². The molecule has 0 spiro atoms. The highest BCUT2D eigenvalue weighted by molar-refractivity contribution is 7.80. The molecule has 0 saturated carbocycles. The first-order valence-electron chi connectivity index (χ1n) is 6.72. The van der Waals surface area contributed by atoms with E-state index in [0.29, 0.717) is 21.2 Å². The van der Waals surface area contributed by atoms with Crippen molar-refractivity contribution < 1.29 is 9.59 Å². The van der Waals surface area contributed by atoms with E-state index in [4.69, 9.17) is 0 Å². The SMILES string of the molecule is O=C(CCC(=O)Nc1ccccc1S)Nc1ccccc1S. The molecule has 0 unspecified atom stereocenters. The Kier molecular flexibility index (Phi) is 5.91. The number of nitrogens with one attached hydrogen (secondary N) is 2. The first-order chi connectivity index (χ1) is 10.6. The predicted molar refractivity (Wildman–Crippen MR) is 93.9 cm³/mol. The summed E-state index contributed by atoms with van der Waals surface area (Å²) in [6, 6.07) is 14.4. The fraction of sp³-hybridized carbons (Fsp3) is 0.125. The molecule has 6 heteroatoms. The van der Waals surface area contributed by atoms with Gasteiger partial charge in [-0.15, -0.1) is 25.3 Å². The van der Waals surface area contributed by atoms with E-state index in [1.54, 1.807) is 24.3 Å². The number of hydrogen-bond donors (Lipinski definition) is 4. The van der Waals surface area contributed by atoms with Crippen molar-refractivity contribution in [3.63, 3.8) is 0 Å². The topological polar surface area (TPSA) is 58.2 Å². The van der Waals surface area contributed by atoms with Crippen molar-refractivity contribution in [1.29, 1.82) is 0 Å². The smallest absolute Gasteiger partial charge is 0.224 e. The number of thiol groups is 2. The van der Waals surface area contributed by atoms with Crippen molar-refractivity contribution in [3.8, 4) is 0 Å². The Balaban J connectivity index is 1.82. The summed E-state index contributed by atoms with van der Waals surface area (Å²) in [5.74, 6) is -0.452. The van der Waals surface area contributed by atoms with Crippen LogP contribution in [0.4, 0.5) is 11.4 Å². The Morgan fingerprint density at radius 3 is 1.45 bits per heavy atom. The van der Waals surface area contributed by atoms with Gasteiger partial charge in [0.1, 0.15) is 0 Å². The van der Waals surface area contributed by atoms with E-state index in [2.05, 4.69) is 35.9 Å². The Hall–Kier alpha value is -1.92. The summed E-state index contributed by atoms with van der Waals surface area (Å²) in [6.07, 6.45) is 0.200. The minimum Gasteiger partial charge on any atom is -0.325 e. The molecule has 114 valence electrons. The van der Waals surface area contributed by atoms with Gasteiger partial charge in [0.05, 0.1) is 11.4 Å². The summed E-state index contributed by atoms with van der Waals surface area (Å²) in [4.78, 5) is 25.1. The van der Waals surface area contributed by atoms with Gasteiger partial charge in [-0.3, -0.25) is 9.59 Å². The maximum absolute atomic E-state index is 11.8. The van der Waals surface area contributed by atoms with E-state index >= 15 is 0 Å². The van der Waals surface area contributed by atoms with E-state index in [-0.39, 0.29) is 24.7 Å². The second kappa shape index (κ2) is 7.91. The summed E-state index contributed by atoms with van der Waals surface area (Å²) in [5.41, 5.74) is 1.27. The molecular weight excluding hydrogens is 316 g/mol. The number of hydrogen-bond acceptors (Lipinski definition) is 4. The van der Waals surface area contributed by atoms with E-state index in [0.717, 1.165) is 0 Å². The number of amides is 2. The van der Waals surface area contributed by atoms with Crippen LogP contribution in [0.3, 0.4) is 0 Å². The first-order valence-corrected chi connectivity index (χ1v) is 7.61. The van der Waals surface area contributed by atoms with Crippen molar-refractivity contribution in [2.24, 2.45) is 0 Å². The van der Waals surface area contributed by atoms with E-state index in [9.17, 15) is 9.59 Å². The van der Waals surface area contributed by atoms with Crippen LogP contribution >= 0.6 is 25.3 Å². The third-order valence-electron chi connectivity index (χ3n) is 2.94. The standard InChI is InChI=1S/C16H16N2O2S2/c19-15(17-11-5-1-3-7-13(11)21)9-10-16(20)18-12-6-2-4-8-14(12)22/h1-8,21-22H,9-10H2,(H,17,19)(H,18,20). The largest absolute Gasteiger partial charge is 0.325 e. The molecule has 0 saturated heterocycles. The lowest BCUT2D eigenvalue weighted by Gasteiger charge is -2.09. The minimum atomic E-state index is -0.226. The maximum atomic E-state index is 11.8. The highest BCUT2D eigenvalue weighted by atomic mass is 32.1. The van der Waals surface area contributed by atoms with Gasteiger partial charge in [0.15, 0.2) is 0 Å². The van der Waals surface area contributed by atoms with Crippen LogP contribution in [0.15, 0.2) is 58.3 Å². The third-order valence-corrected chi connectivity index (χ3v) is 3.72. The van der Waals surface area contributed by atoms with Gasteiger partial charge in [0, 0.05) is 22.6 Å². The van der Waals surface area contributed by atoms with Crippen molar-refractivity contribution in [2.75, 3.05) is 10.6 Å². The molecule has 22 heavy (non-hydrogen) atoms. The monoisotopic (exact) mass is 332 g/mol. The number of rotatable bonds is 5. The molecular formula is C16H16N2O2S2. The summed E-state index contributed by atoms with van der Waals surface area (Å²) in [5, 5.41) is 5.46. The second-order valence-corrected chi connectivity index (χ2v) is 5.59. The fourth-order valence-electron chi connectivity index (χ4n) is 1.81. The summed E-state index contributed by atoms with van der Waals surface area (Å²) >= 11 is 8.51. The van der Waals surface area contributed by atoms with Crippen LogP contribution in [-0.4, -0.2) is 11.8 Å². The van der Waals surface area contributed by atoms with E-state index < -0.39 is 0 Å². The molecule has 0 aliphatic carbocycles. The van der Waals surface area contributed by atoms with Crippen molar-refractivity contribution in [3.05, 3.63) is 48.5 Å². The van der Waals surface area contributed by atoms with Gasteiger partial charge in [-0.05, 0) is 24.3 Å². The van der Waals surface area contributed by atoms with Gasteiger partial charge in [0.25, 0.3) is 0 Å². The summed E-state index contributed by atoms with van der Waals surface area (Å²) in [6.45, 7) is 0. The van der Waals surface area contributed by atoms with Gasteiger partial charge in [-0.25, -0.2) is 0 Å². The van der Waals surface area contributed by atoms with Crippen LogP contribution in [0.25, 0.3) is 0 Å². The lowest BCUT2D eigenvalue weighted by atomic mass is 10.2. The Morgan fingerprint density at radius 2 is 1.09 bits per heavy atom. The average molecular weight is 332 g/mol. The number of para-hydroxylation sites is 2. The molecule has 2 aromatic carbocycles. The molecule has 0 radical (unpaired) electrons. The van der Waals surface area contributed by atoms with Gasteiger partial charge < -0.3 is 10.6 Å². The van der Waals surface area contributed by atoms with Crippen molar-refractivity contribution >= 4 is 48.4 Å². The van der Waals surface area contributed by atoms with Crippen LogP contribution in [0.2, 0.25) is 0 Å². The quantitative estimate of drug-likeness (QED) is 0.632. The van der Waals surface area contributed by atoms with Crippen LogP contribution < -0.4 is 10.6 Å². The highest BCUT2D eigenvalue weighted by Gasteiger charge is 2.09. The number of anilines is 2. The molecule has 2 amide bonds. The van der Waals surface area contributed by atoms with Crippen LogP contribution in [0, 0.1) is 0 Å². The van der Waals surface area contributed by atoms with Crippen LogP contribution in [-0.2, 0) is 9.59 Å². The molecule has 2 aromatic rings. The average Bonchev–Trinajstić information content (AvgIpc) is 2.50. The maximum Gasteiger partial charge on any atom is 0.224 e. The molecule has 0 aliphatic rings. The second-order valence-electron chi connectivity index (χ2n) is 4.63. The summed E-state index contributed by atoms with van der Waals surface area (Å²) < 4.78 is 0. The van der Waals surface area contributed by atoms with Crippen molar-refractivity contribution in [2.45, 2.75) is 22.6 Å². The van der Waals surface area contributed by atoms with Crippen LogP contribution in [0.1, 0.15) is 12.8 Å². The molecule has 0 bridgehead atoms. The number of carbonyl (C=O) groups excluding carboxylic acids is 2. The predicted octanol–water partition coefficient (Wildman–Crippen LogP) is 3.62. The molecule has 0 atom stereocenters. The molecule has 2 rings (SSSR count). The molecule has 0 aliphatic heterocycles. The summed E-state index contributed by atoms with van der Waals surface area (Å²) in [7, 11) is 0. The molecule has 4 nitrogen and oxygen atoms in total. The minimum absolute atomic E-state index is 0.0999. The fourth-order valence-corrected chi connectivity index (χ4v) is 2.24. The third kappa shape index (κ3) is 4.82. The van der Waals surface area contributed by atoms with Gasteiger partial charge in [-0.2, -0.15) is 0 Å². The zero-order valence-corrected chi connectivity index (χ0v) is 13.5. The first kappa shape index (κ1) is 16.5. The lowest BCUT2D eigenvalue weighted by Crippen LogP contribution is -2.17. The zero-order valence-electron chi connectivity index (χ0n) is 11.7. The van der Waals surface area contributed by atoms with Crippen LogP contribution in [0.5, 0.6) is 0 Å².